The van der Waals surface area contributed by atoms with Crippen LogP contribution in [0, 0.1) is 11.8 Å². The Balaban J connectivity index is 1.45. The number of hydrogen-bond acceptors (Lipinski definition) is 1. The quantitative estimate of drug-likeness (QED) is 0.448. The maximum Gasteiger partial charge on any atom is 0.189 e. The average molecular weight is 235 g/mol. The van der Waals surface area contributed by atoms with E-state index in [1.54, 1.807) is 0 Å². The molecule has 3 nitrogen and oxygen atoms in total. The van der Waals surface area contributed by atoms with Gasteiger partial charge in [0, 0.05) is 6.04 Å². The Morgan fingerprint density at radius 3 is 2.35 bits per heavy atom. The molecule has 2 atom stereocenters. The van der Waals surface area contributed by atoms with Crippen LogP contribution >= 0.6 is 0 Å². The second-order valence-corrected chi connectivity index (χ2v) is 6.15. The van der Waals surface area contributed by atoms with Gasteiger partial charge in [0.25, 0.3) is 0 Å². The summed E-state index contributed by atoms with van der Waals surface area (Å²) in [6.07, 6.45) is 12.2. The van der Waals surface area contributed by atoms with Gasteiger partial charge in [0.05, 0.1) is 6.04 Å². The molecule has 3 heteroatoms. The first-order chi connectivity index (χ1) is 8.33. The van der Waals surface area contributed by atoms with Gasteiger partial charge in [0.15, 0.2) is 5.96 Å². The summed E-state index contributed by atoms with van der Waals surface area (Å²) in [4.78, 5) is 4.64. The van der Waals surface area contributed by atoms with Crippen LogP contribution in [0.25, 0.3) is 0 Å². The van der Waals surface area contributed by atoms with E-state index in [-0.39, 0.29) is 0 Å². The smallest absolute Gasteiger partial charge is 0.189 e. The molecule has 0 saturated heterocycles. The van der Waals surface area contributed by atoms with Crippen LogP contribution in [0.15, 0.2) is 4.99 Å². The van der Waals surface area contributed by atoms with Crippen molar-refractivity contribution in [3.8, 4) is 0 Å². The number of nitrogens with one attached hydrogen (secondary N) is 1. The van der Waals surface area contributed by atoms with E-state index in [2.05, 4.69) is 10.3 Å². The van der Waals surface area contributed by atoms with Gasteiger partial charge in [-0.2, -0.15) is 0 Å². The summed E-state index contributed by atoms with van der Waals surface area (Å²) in [5.74, 6) is 2.59. The number of aliphatic imine (C=N–C) groups is 1. The van der Waals surface area contributed by atoms with Crippen LogP contribution in [0.2, 0.25) is 0 Å². The molecule has 3 saturated carbocycles. The van der Waals surface area contributed by atoms with E-state index < -0.39 is 0 Å². The number of rotatable bonds is 3. The molecule has 3 fully saturated rings. The molecule has 0 amide bonds. The molecule has 3 aliphatic carbocycles. The monoisotopic (exact) mass is 235 g/mol. The van der Waals surface area contributed by atoms with E-state index in [4.69, 9.17) is 5.73 Å². The molecule has 3 aliphatic rings. The molecule has 0 unspecified atom stereocenters. The van der Waals surface area contributed by atoms with Crippen molar-refractivity contribution in [3.63, 3.8) is 0 Å². The molecule has 3 rings (SSSR count). The first-order valence-electron chi connectivity index (χ1n) is 7.43. The lowest BCUT2D eigenvalue weighted by Crippen LogP contribution is -2.40. The van der Waals surface area contributed by atoms with Gasteiger partial charge in [-0.1, -0.05) is 25.7 Å². The van der Waals surface area contributed by atoms with Gasteiger partial charge in [-0.3, -0.25) is 0 Å². The molecule has 17 heavy (non-hydrogen) atoms. The summed E-state index contributed by atoms with van der Waals surface area (Å²) in [6.45, 7) is 0. The molecular formula is C14H25N3. The number of guanidine groups is 1. The van der Waals surface area contributed by atoms with Gasteiger partial charge in [0.2, 0.25) is 0 Å². The third kappa shape index (κ3) is 3.14. The first kappa shape index (κ1) is 11.4. The lowest BCUT2D eigenvalue weighted by molar-refractivity contribution is 0.529. The Morgan fingerprint density at radius 2 is 1.71 bits per heavy atom. The summed E-state index contributed by atoms with van der Waals surface area (Å²) in [5.41, 5.74) is 6.02. The lowest BCUT2D eigenvalue weighted by Gasteiger charge is -2.16. The molecule has 0 bridgehead atoms. The zero-order chi connectivity index (χ0) is 11.7. The van der Waals surface area contributed by atoms with Crippen molar-refractivity contribution in [2.75, 3.05) is 0 Å². The van der Waals surface area contributed by atoms with E-state index in [0.29, 0.717) is 18.0 Å². The minimum absolute atomic E-state index is 0.556. The van der Waals surface area contributed by atoms with Crippen molar-refractivity contribution in [2.24, 2.45) is 22.6 Å². The van der Waals surface area contributed by atoms with Crippen molar-refractivity contribution in [1.82, 2.24) is 5.32 Å². The molecule has 0 heterocycles. The predicted molar refractivity (Wildman–Crippen MR) is 70.9 cm³/mol. The molecular weight excluding hydrogens is 210 g/mol. The maximum absolute atomic E-state index is 6.02. The zero-order valence-corrected chi connectivity index (χ0v) is 10.7. The van der Waals surface area contributed by atoms with Gasteiger partial charge in [-0.05, 0) is 43.9 Å². The van der Waals surface area contributed by atoms with Crippen LogP contribution in [0.4, 0.5) is 0 Å². The van der Waals surface area contributed by atoms with Gasteiger partial charge in [-0.15, -0.1) is 0 Å². The van der Waals surface area contributed by atoms with Crippen LogP contribution in [0.1, 0.15) is 57.8 Å². The average Bonchev–Trinajstić information content (AvgIpc) is 3.15. The Labute approximate surface area is 104 Å². The number of hydrogen-bond donors (Lipinski definition) is 2. The molecule has 3 N–H and O–H groups in total. The summed E-state index contributed by atoms with van der Waals surface area (Å²) < 4.78 is 0. The third-order valence-corrected chi connectivity index (χ3v) is 4.54. The second-order valence-electron chi connectivity index (χ2n) is 6.15. The standard InChI is InChI=1S/C14H25N3/c15-14(16-11-5-3-1-2-4-6-11)17-13-9-12(13)10-7-8-10/h10-13H,1-9H2,(H3,15,16,17)/t12-,13+/m0/s1. The first-order valence-corrected chi connectivity index (χ1v) is 7.43. The molecule has 0 radical (unpaired) electrons. The van der Waals surface area contributed by atoms with E-state index in [0.717, 1.165) is 11.8 Å². The highest BCUT2D eigenvalue weighted by atomic mass is 15.1. The van der Waals surface area contributed by atoms with Crippen molar-refractivity contribution < 1.29 is 0 Å². The molecule has 0 aromatic carbocycles. The third-order valence-electron chi connectivity index (χ3n) is 4.54. The van der Waals surface area contributed by atoms with E-state index in [9.17, 15) is 0 Å². The van der Waals surface area contributed by atoms with E-state index in [1.165, 1.54) is 57.8 Å². The number of nitrogens with zero attached hydrogens (tertiary/aromatic N) is 1. The number of nitrogens with two attached hydrogens (primary N) is 1. The molecule has 0 spiro atoms. The topological polar surface area (TPSA) is 50.4 Å². The fraction of sp³-hybridized carbons (Fsp3) is 0.929. The van der Waals surface area contributed by atoms with Gasteiger partial charge < -0.3 is 11.1 Å². The van der Waals surface area contributed by atoms with E-state index in [1.807, 2.05) is 0 Å². The fourth-order valence-corrected chi connectivity index (χ4v) is 3.23. The highest BCUT2D eigenvalue weighted by Gasteiger charge is 2.47. The largest absolute Gasteiger partial charge is 0.370 e. The predicted octanol–water partition coefficient (Wildman–Crippen LogP) is 2.41. The summed E-state index contributed by atoms with van der Waals surface area (Å²) in [6, 6.07) is 1.14. The molecule has 0 aromatic heterocycles. The van der Waals surface area contributed by atoms with Gasteiger partial charge >= 0.3 is 0 Å². The van der Waals surface area contributed by atoms with Crippen LogP contribution in [0.3, 0.4) is 0 Å². The Bertz CT molecular complexity index is 288. The highest BCUT2D eigenvalue weighted by molar-refractivity contribution is 5.78. The van der Waals surface area contributed by atoms with E-state index >= 15 is 0 Å². The van der Waals surface area contributed by atoms with Crippen molar-refractivity contribution in [2.45, 2.75) is 69.9 Å². The van der Waals surface area contributed by atoms with Crippen molar-refractivity contribution >= 4 is 5.96 Å². The maximum atomic E-state index is 6.02. The summed E-state index contributed by atoms with van der Waals surface area (Å²) in [7, 11) is 0. The minimum atomic E-state index is 0.556. The van der Waals surface area contributed by atoms with Crippen LogP contribution < -0.4 is 11.1 Å². The summed E-state index contributed by atoms with van der Waals surface area (Å²) >= 11 is 0. The van der Waals surface area contributed by atoms with Crippen LogP contribution in [-0.2, 0) is 0 Å². The van der Waals surface area contributed by atoms with Gasteiger partial charge in [0.1, 0.15) is 0 Å². The Kier molecular flexibility index (Phi) is 3.26. The Hall–Kier alpha value is -0.730. The molecule has 0 aliphatic heterocycles. The minimum Gasteiger partial charge on any atom is -0.370 e. The fourth-order valence-electron chi connectivity index (χ4n) is 3.23. The van der Waals surface area contributed by atoms with Crippen molar-refractivity contribution in [3.05, 3.63) is 0 Å². The molecule has 96 valence electrons. The van der Waals surface area contributed by atoms with Crippen molar-refractivity contribution in [1.29, 1.82) is 0 Å². The Morgan fingerprint density at radius 1 is 1.00 bits per heavy atom. The molecule has 0 aromatic rings. The highest BCUT2D eigenvalue weighted by Crippen LogP contribution is 2.51. The van der Waals surface area contributed by atoms with Crippen LogP contribution in [0.5, 0.6) is 0 Å². The lowest BCUT2D eigenvalue weighted by atomic mass is 10.1. The zero-order valence-electron chi connectivity index (χ0n) is 10.7. The van der Waals surface area contributed by atoms with Gasteiger partial charge in [-0.25, -0.2) is 4.99 Å². The normalized spacial score (nSPS) is 35.4. The second kappa shape index (κ2) is 4.87. The summed E-state index contributed by atoms with van der Waals surface area (Å²) in [5, 5.41) is 3.44. The van der Waals surface area contributed by atoms with Crippen LogP contribution in [-0.4, -0.2) is 18.0 Å². The SMILES string of the molecule is NC(=N[C@@H]1C[C@H]1C1CC1)NC1CCCCCC1.